The van der Waals surface area contributed by atoms with E-state index in [0.29, 0.717) is 5.69 Å². The summed E-state index contributed by atoms with van der Waals surface area (Å²) in [5.74, 6) is -2.75. The molecule has 0 bridgehead atoms. The fraction of sp³-hybridized carbons (Fsp3) is 0.0769. The lowest BCUT2D eigenvalue weighted by atomic mass is 10.2. The normalized spacial score (nSPS) is 10.2. The fourth-order valence-electron chi connectivity index (χ4n) is 1.40. The fourth-order valence-corrected chi connectivity index (χ4v) is 1.40. The van der Waals surface area contributed by atoms with Crippen LogP contribution in [-0.2, 0) is 11.3 Å². The van der Waals surface area contributed by atoms with Gasteiger partial charge in [-0.05, 0) is 18.2 Å². The van der Waals surface area contributed by atoms with Gasteiger partial charge in [0.2, 0.25) is 0 Å². The lowest BCUT2D eigenvalue weighted by Gasteiger charge is -2.06. The smallest absolute Gasteiger partial charge is 0.357 e. The molecule has 0 aliphatic rings. The van der Waals surface area contributed by atoms with Gasteiger partial charge in [-0.2, -0.15) is 0 Å². The van der Waals surface area contributed by atoms with Crippen LogP contribution in [0.25, 0.3) is 0 Å². The van der Waals surface area contributed by atoms with E-state index in [1.54, 1.807) is 0 Å². The van der Waals surface area contributed by atoms with Crippen LogP contribution in [0.2, 0.25) is 0 Å². The molecule has 4 nitrogen and oxygen atoms in total. The molecule has 0 saturated heterocycles. The highest BCUT2D eigenvalue weighted by Crippen LogP contribution is 2.13. The quantitative estimate of drug-likeness (QED) is 0.864. The number of benzene rings is 1. The maximum Gasteiger partial charge on any atom is 0.357 e. The summed E-state index contributed by atoms with van der Waals surface area (Å²) >= 11 is 0. The monoisotopic (exact) mass is 264 g/mol. The number of halogens is 2. The van der Waals surface area contributed by atoms with Gasteiger partial charge >= 0.3 is 5.97 Å². The zero-order valence-corrected chi connectivity index (χ0v) is 9.77. The number of hydrogen-bond donors (Lipinski definition) is 1. The highest BCUT2D eigenvalue weighted by Gasteiger charge is 2.12. The largest absolute Gasteiger partial charge is 0.456 e. The van der Waals surface area contributed by atoms with Gasteiger partial charge in [-0.1, -0.05) is 12.1 Å². The van der Waals surface area contributed by atoms with Crippen molar-refractivity contribution in [2.24, 2.45) is 0 Å². The van der Waals surface area contributed by atoms with Crippen LogP contribution >= 0.6 is 0 Å². The maximum atomic E-state index is 13.3. The van der Waals surface area contributed by atoms with E-state index < -0.39 is 17.6 Å². The second-order valence-corrected chi connectivity index (χ2v) is 3.77. The number of hydrogen-bond acceptors (Lipinski definition) is 4. The van der Waals surface area contributed by atoms with Crippen molar-refractivity contribution in [2.45, 2.75) is 6.61 Å². The van der Waals surface area contributed by atoms with E-state index in [1.807, 2.05) is 0 Å². The molecular weight excluding hydrogens is 254 g/mol. The number of esters is 1. The summed E-state index contributed by atoms with van der Waals surface area (Å²) in [5, 5.41) is 0. The molecule has 0 aliphatic carbocycles. The standard InChI is InChI=1S/C13H10F2N2O2/c14-10-3-1-2-8(12(10)15)7-19-13(18)11-5-4-9(16)6-17-11/h1-6H,7,16H2. The summed E-state index contributed by atoms with van der Waals surface area (Å²) in [6.45, 7) is -0.367. The number of ether oxygens (including phenoxy) is 1. The summed E-state index contributed by atoms with van der Waals surface area (Å²) in [4.78, 5) is 15.3. The van der Waals surface area contributed by atoms with Gasteiger partial charge < -0.3 is 10.5 Å². The summed E-state index contributed by atoms with van der Waals surface area (Å²) in [6.07, 6.45) is 1.30. The highest BCUT2D eigenvalue weighted by molar-refractivity contribution is 5.87. The van der Waals surface area contributed by atoms with Crippen molar-refractivity contribution in [3.63, 3.8) is 0 Å². The van der Waals surface area contributed by atoms with Gasteiger partial charge in [0, 0.05) is 5.56 Å². The topological polar surface area (TPSA) is 65.2 Å². The van der Waals surface area contributed by atoms with Crippen LogP contribution in [-0.4, -0.2) is 11.0 Å². The van der Waals surface area contributed by atoms with Crippen LogP contribution in [0.4, 0.5) is 14.5 Å². The Kier molecular flexibility index (Phi) is 3.70. The predicted octanol–water partition coefficient (Wildman–Crippen LogP) is 2.30. The third-order valence-corrected chi connectivity index (χ3v) is 2.39. The molecule has 1 aromatic carbocycles. The van der Waals surface area contributed by atoms with E-state index in [4.69, 9.17) is 10.5 Å². The Morgan fingerprint density at radius 2 is 2.05 bits per heavy atom. The SMILES string of the molecule is Nc1ccc(C(=O)OCc2cccc(F)c2F)nc1. The van der Waals surface area contributed by atoms with Gasteiger partial charge in [-0.15, -0.1) is 0 Å². The number of nitrogens with zero attached hydrogens (tertiary/aromatic N) is 1. The maximum absolute atomic E-state index is 13.3. The summed E-state index contributed by atoms with van der Waals surface area (Å²) in [5.41, 5.74) is 5.84. The zero-order chi connectivity index (χ0) is 13.8. The van der Waals surface area contributed by atoms with E-state index in [0.717, 1.165) is 6.07 Å². The number of rotatable bonds is 3. The summed E-state index contributed by atoms with van der Waals surface area (Å²) < 4.78 is 31.1. The van der Waals surface area contributed by atoms with Gasteiger partial charge in [0.25, 0.3) is 0 Å². The van der Waals surface area contributed by atoms with Gasteiger partial charge in [0.15, 0.2) is 11.6 Å². The Hall–Kier alpha value is -2.50. The molecular formula is C13H10F2N2O2. The first-order valence-electron chi connectivity index (χ1n) is 5.39. The number of pyridine rings is 1. The molecule has 2 aromatic rings. The molecule has 0 aliphatic heterocycles. The number of aromatic nitrogens is 1. The van der Waals surface area contributed by atoms with Crippen LogP contribution in [0.3, 0.4) is 0 Å². The van der Waals surface area contributed by atoms with E-state index in [1.165, 1.54) is 30.5 Å². The molecule has 0 unspecified atom stereocenters. The molecule has 1 heterocycles. The first kappa shape index (κ1) is 12.9. The molecule has 2 N–H and O–H groups in total. The summed E-state index contributed by atoms with van der Waals surface area (Å²) in [6, 6.07) is 6.54. The number of nitrogens with two attached hydrogens (primary N) is 1. The first-order chi connectivity index (χ1) is 9.08. The average Bonchev–Trinajstić information content (AvgIpc) is 2.41. The van der Waals surface area contributed by atoms with Crippen LogP contribution < -0.4 is 5.73 Å². The Balaban J connectivity index is 2.04. The molecule has 19 heavy (non-hydrogen) atoms. The van der Waals surface area contributed by atoms with Crippen molar-refractivity contribution in [2.75, 3.05) is 5.73 Å². The lowest BCUT2D eigenvalue weighted by molar-refractivity contribution is 0.0461. The second kappa shape index (κ2) is 5.43. The Labute approximate surface area is 107 Å². The zero-order valence-electron chi connectivity index (χ0n) is 9.77. The van der Waals surface area contributed by atoms with Crippen molar-refractivity contribution in [3.05, 3.63) is 59.4 Å². The van der Waals surface area contributed by atoms with Gasteiger partial charge in [0.1, 0.15) is 12.3 Å². The van der Waals surface area contributed by atoms with E-state index >= 15 is 0 Å². The molecule has 0 fully saturated rings. The van der Waals surface area contributed by atoms with E-state index in [-0.39, 0.29) is 17.9 Å². The average molecular weight is 264 g/mol. The molecule has 98 valence electrons. The third kappa shape index (κ3) is 3.04. The molecule has 0 spiro atoms. The minimum absolute atomic E-state index is 0.0382. The number of carbonyl (C=O) groups excluding carboxylic acids is 1. The van der Waals surface area contributed by atoms with Crippen LogP contribution in [0.5, 0.6) is 0 Å². The van der Waals surface area contributed by atoms with E-state index in [9.17, 15) is 13.6 Å². The Morgan fingerprint density at radius 3 is 2.74 bits per heavy atom. The molecule has 2 rings (SSSR count). The van der Waals surface area contributed by atoms with Crippen LogP contribution in [0.1, 0.15) is 16.1 Å². The first-order valence-corrected chi connectivity index (χ1v) is 5.39. The summed E-state index contributed by atoms with van der Waals surface area (Å²) in [7, 11) is 0. The van der Waals surface area contributed by atoms with Crippen molar-refractivity contribution in [1.82, 2.24) is 4.98 Å². The molecule has 0 saturated carbocycles. The third-order valence-electron chi connectivity index (χ3n) is 2.39. The number of carbonyl (C=O) groups is 1. The van der Waals surface area contributed by atoms with Gasteiger partial charge in [0.05, 0.1) is 11.9 Å². The highest BCUT2D eigenvalue weighted by atomic mass is 19.2. The van der Waals surface area contributed by atoms with Crippen molar-refractivity contribution >= 4 is 11.7 Å². The number of anilines is 1. The molecule has 1 aromatic heterocycles. The van der Waals surface area contributed by atoms with Gasteiger partial charge in [-0.3, -0.25) is 0 Å². The van der Waals surface area contributed by atoms with Crippen LogP contribution in [0.15, 0.2) is 36.5 Å². The minimum Gasteiger partial charge on any atom is -0.456 e. The van der Waals surface area contributed by atoms with E-state index in [2.05, 4.69) is 4.98 Å². The molecule has 0 amide bonds. The Bertz CT molecular complexity index is 600. The molecule has 0 atom stereocenters. The lowest BCUT2D eigenvalue weighted by Crippen LogP contribution is -2.08. The molecule has 0 radical (unpaired) electrons. The van der Waals surface area contributed by atoms with Crippen LogP contribution in [0, 0.1) is 11.6 Å². The van der Waals surface area contributed by atoms with Crippen molar-refractivity contribution in [1.29, 1.82) is 0 Å². The second-order valence-electron chi connectivity index (χ2n) is 3.77. The van der Waals surface area contributed by atoms with Crippen molar-refractivity contribution in [3.8, 4) is 0 Å². The predicted molar refractivity (Wildman–Crippen MR) is 64.1 cm³/mol. The van der Waals surface area contributed by atoms with Crippen molar-refractivity contribution < 1.29 is 18.3 Å². The number of nitrogen functional groups attached to an aromatic ring is 1. The minimum atomic E-state index is -1.03. The van der Waals surface area contributed by atoms with Gasteiger partial charge in [-0.25, -0.2) is 18.6 Å². The molecule has 6 heteroatoms. The Morgan fingerprint density at radius 1 is 1.26 bits per heavy atom.